The van der Waals surface area contributed by atoms with Crippen molar-refractivity contribution in [3.8, 4) is 6.07 Å². The molecule has 252 valence electrons. The number of rotatable bonds is 8. The van der Waals surface area contributed by atoms with E-state index in [1.54, 1.807) is 16.8 Å². The molecule has 6 rings (SSSR count). The van der Waals surface area contributed by atoms with Crippen LogP contribution in [-0.2, 0) is 21.9 Å². The van der Waals surface area contributed by atoms with E-state index in [0.29, 0.717) is 55.5 Å². The molecule has 1 aromatic heterocycles. The molecule has 0 radical (unpaired) electrons. The van der Waals surface area contributed by atoms with Crippen LogP contribution in [0.25, 0.3) is 10.9 Å². The summed E-state index contributed by atoms with van der Waals surface area (Å²) in [6, 6.07) is 12.7. The number of fused-ring (bicyclic) bond motifs is 1. The summed E-state index contributed by atoms with van der Waals surface area (Å²) >= 11 is 0. The fourth-order valence-electron chi connectivity index (χ4n) is 6.79. The number of piperidine rings is 2. The first-order valence-electron chi connectivity index (χ1n) is 15.9. The molecule has 3 aliphatic heterocycles. The normalized spacial score (nSPS) is 19.7. The van der Waals surface area contributed by atoms with Crippen LogP contribution in [-0.4, -0.2) is 90.7 Å². The number of likely N-dealkylation sites (tertiary alicyclic amines) is 1. The van der Waals surface area contributed by atoms with E-state index >= 15 is 0 Å². The molecule has 3 aromatic rings. The second-order valence-corrected chi connectivity index (χ2v) is 14.6. The van der Waals surface area contributed by atoms with Crippen molar-refractivity contribution in [1.82, 2.24) is 24.3 Å². The first-order chi connectivity index (χ1) is 22.0. The molecule has 15 heteroatoms. The van der Waals surface area contributed by atoms with Gasteiger partial charge in [0.15, 0.2) is 5.82 Å². The number of aryl methyl sites for hydroxylation is 1. The number of hydrogen-bond donors (Lipinski definition) is 3. The van der Waals surface area contributed by atoms with Crippen molar-refractivity contribution in [3.05, 3.63) is 47.5 Å². The third-order valence-electron chi connectivity index (χ3n) is 9.41. The summed E-state index contributed by atoms with van der Waals surface area (Å²) in [6.07, 6.45) is 3.48. The molecule has 3 amide bonds. The minimum absolute atomic E-state index is 0. The number of amides is 3. The number of carbonyl (C=O) groups is 2. The number of urea groups is 1. The highest BCUT2D eigenvalue weighted by atomic mass is 35.5. The van der Waals surface area contributed by atoms with Gasteiger partial charge in [0, 0.05) is 57.1 Å². The van der Waals surface area contributed by atoms with Gasteiger partial charge < -0.3 is 16.0 Å². The molecule has 3 aliphatic rings. The van der Waals surface area contributed by atoms with E-state index in [0.717, 1.165) is 43.4 Å². The molecule has 0 aliphatic carbocycles. The standard InChI is InChI=1S/C32H41N9O4S.ClH/c1-21(35-28-18-26(5-3-24(28)19-33)46(44,45)40-14-9-25(34)10-15-40)20-39-12-7-22(8-13-39)23-4-6-27-29(17-23)38(2)37-31(27)41-16-11-30(42)36-32(41)43;/h3-6,17-18,21-22,25,35H,7-16,20,34H2,1-2H3,(H,36,42,43);1H/t21-;/m1./s1. The van der Waals surface area contributed by atoms with E-state index in [9.17, 15) is 23.3 Å². The van der Waals surface area contributed by atoms with Crippen LogP contribution < -0.4 is 21.3 Å². The number of nitriles is 1. The Kier molecular flexibility index (Phi) is 10.4. The number of carbonyl (C=O) groups excluding carboxylic acids is 2. The van der Waals surface area contributed by atoms with Gasteiger partial charge in [0.2, 0.25) is 15.9 Å². The predicted octanol–water partition coefficient (Wildman–Crippen LogP) is 3.10. The van der Waals surface area contributed by atoms with Crippen LogP contribution >= 0.6 is 12.4 Å². The zero-order valence-electron chi connectivity index (χ0n) is 26.7. The van der Waals surface area contributed by atoms with Crippen LogP contribution in [0.2, 0.25) is 0 Å². The second-order valence-electron chi connectivity index (χ2n) is 12.7. The quantitative estimate of drug-likeness (QED) is 0.323. The minimum atomic E-state index is -3.67. The minimum Gasteiger partial charge on any atom is -0.380 e. The fraction of sp³-hybridized carbons (Fsp3) is 0.500. The average Bonchev–Trinajstić information content (AvgIpc) is 3.36. The number of anilines is 2. The van der Waals surface area contributed by atoms with Gasteiger partial charge in [-0.1, -0.05) is 6.07 Å². The third-order valence-corrected chi connectivity index (χ3v) is 11.3. The van der Waals surface area contributed by atoms with Gasteiger partial charge in [-0.3, -0.25) is 19.7 Å². The number of aromatic nitrogens is 2. The van der Waals surface area contributed by atoms with E-state index < -0.39 is 16.1 Å². The van der Waals surface area contributed by atoms with Gasteiger partial charge in [-0.2, -0.15) is 14.7 Å². The predicted molar refractivity (Wildman–Crippen MR) is 182 cm³/mol. The van der Waals surface area contributed by atoms with E-state index in [1.807, 2.05) is 20.0 Å². The summed E-state index contributed by atoms with van der Waals surface area (Å²) in [5.74, 6) is 0.672. The summed E-state index contributed by atoms with van der Waals surface area (Å²) in [7, 11) is -1.81. The molecular weight excluding hydrogens is 642 g/mol. The summed E-state index contributed by atoms with van der Waals surface area (Å²) in [5, 5.41) is 21.0. The molecule has 4 N–H and O–H groups in total. The number of halogens is 1. The van der Waals surface area contributed by atoms with E-state index in [1.165, 1.54) is 20.8 Å². The van der Waals surface area contributed by atoms with E-state index in [-0.39, 0.29) is 41.7 Å². The lowest BCUT2D eigenvalue weighted by molar-refractivity contribution is -0.120. The van der Waals surface area contributed by atoms with Gasteiger partial charge >= 0.3 is 6.03 Å². The van der Waals surface area contributed by atoms with Crippen LogP contribution in [0, 0.1) is 11.3 Å². The second kappa shape index (κ2) is 14.2. The molecule has 0 unspecified atom stereocenters. The maximum Gasteiger partial charge on any atom is 0.329 e. The van der Waals surface area contributed by atoms with Gasteiger partial charge in [0.25, 0.3) is 0 Å². The third kappa shape index (κ3) is 7.24. The first kappa shape index (κ1) is 34.6. The number of benzene rings is 2. The average molecular weight is 684 g/mol. The molecule has 2 aromatic carbocycles. The Labute approximate surface area is 281 Å². The highest BCUT2D eigenvalue weighted by molar-refractivity contribution is 7.89. The number of imide groups is 1. The van der Waals surface area contributed by atoms with Gasteiger partial charge in [0.05, 0.1) is 21.7 Å². The van der Waals surface area contributed by atoms with Crippen LogP contribution in [0.3, 0.4) is 0 Å². The van der Waals surface area contributed by atoms with Crippen molar-refractivity contribution >= 4 is 56.8 Å². The fourth-order valence-corrected chi connectivity index (χ4v) is 8.28. The lowest BCUT2D eigenvalue weighted by Crippen LogP contribution is -2.49. The van der Waals surface area contributed by atoms with Gasteiger partial charge in [0.1, 0.15) is 6.07 Å². The number of hydrogen-bond acceptors (Lipinski definition) is 9. The number of nitrogens with one attached hydrogen (secondary N) is 2. The summed E-state index contributed by atoms with van der Waals surface area (Å²) < 4.78 is 29.9. The molecule has 0 spiro atoms. The van der Waals surface area contributed by atoms with Gasteiger partial charge in [-0.25, -0.2) is 13.2 Å². The van der Waals surface area contributed by atoms with Crippen LogP contribution in [0.5, 0.6) is 0 Å². The Morgan fingerprint density at radius 3 is 2.47 bits per heavy atom. The Hall–Kier alpha value is -3.74. The zero-order chi connectivity index (χ0) is 32.6. The topological polar surface area (TPSA) is 170 Å². The highest BCUT2D eigenvalue weighted by Crippen LogP contribution is 2.34. The molecule has 0 saturated carbocycles. The van der Waals surface area contributed by atoms with Crippen molar-refractivity contribution in [2.45, 2.75) is 61.9 Å². The van der Waals surface area contributed by atoms with E-state index in [2.05, 4.69) is 38.8 Å². The molecule has 13 nitrogen and oxygen atoms in total. The summed E-state index contributed by atoms with van der Waals surface area (Å²) in [5.41, 5.74) is 9.09. The molecule has 4 heterocycles. The summed E-state index contributed by atoms with van der Waals surface area (Å²) in [6.45, 7) is 5.72. The van der Waals surface area contributed by atoms with Gasteiger partial charge in [-0.15, -0.1) is 12.4 Å². The van der Waals surface area contributed by atoms with E-state index in [4.69, 9.17) is 5.73 Å². The monoisotopic (exact) mass is 683 g/mol. The molecule has 3 fully saturated rings. The number of nitrogens with two attached hydrogens (primary N) is 1. The summed E-state index contributed by atoms with van der Waals surface area (Å²) in [4.78, 5) is 28.1. The zero-order valence-corrected chi connectivity index (χ0v) is 28.3. The molecule has 3 saturated heterocycles. The molecule has 1 atom stereocenters. The van der Waals surface area contributed by atoms with Crippen molar-refractivity contribution in [2.75, 3.05) is 49.5 Å². The smallest absolute Gasteiger partial charge is 0.329 e. The lowest BCUT2D eigenvalue weighted by atomic mass is 9.89. The Morgan fingerprint density at radius 1 is 1.06 bits per heavy atom. The maximum atomic E-state index is 13.3. The largest absolute Gasteiger partial charge is 0.380 e. The van der Waals surface area contributed by atoms with Crippen LogP contribution in [0.4, 0.5) is 16.3 Å². The maximum absolute atomic E-state index is 13.3. The van der Waals surface area contributed by atoms with Crippen molar-refractivity contribution < 1.29 is 18.0 Å². The SMILES string of the molecule is C[C@H](CN1CCC(c2ccc3c(N4CCC(=O)NC4=O)nn(C)c3c2)CC1)Nc1cc(S(=O)(=O)N2CCC(N)CC2)ccc1C#N.Cl. The Bertz CT molecular complexity index is 1790. The van der Waals surface area contributed by atoms with Crippen molar-refractivity contribution in [1.29, 1.82) is 5.26 Å². The lowest BCUT2D eigenvalue weighted by Gasteiger charge is -2.34. The molecular formula is C32H42ClN9O4S. The van der Waals surface area contributed by atoms with Crippen LogP contribution in [0.1, 0.15) is 56.1 Å². The molecule has 47 heavy (non-hydrogen) atoms. The van der Waals surface area contributed by atoms with Crippen molar-refractivity contribution in [2.24, 2.45) is 12.8 Å². The Morgan fingerprint density at radius 2 is 1.79 bits per heavy atom. The molecule has 0 bridgehead atoms. The van der Waals surface area contributed by atoms with Crippen LogP contribution in [0.15, 0.2) is 41.3 Å². The van der Waals surface area contributed by atoms with Gasteiger partial charge in [-0.05, 0) is 87.5 Å². The number of nitrogens with zero attached hydrogens (tertiary/aromatic N) is 6. The highest BCUT2D eigenvalue weighted by Gasteiger charge is 2.30. The van der Waals surface area contributed by atoms with Crippen molar-refractivity contribution in [3.63, 3.8) is 0 Å². The number of sulfonamides is 1. The first-order valence-corrected chi connectivity index (χ1v) is 17.3. The Balaban J connectivity index is 0.00000433.